The zero-order chi connectivity index (χ0) is 29.0. The van der Waals surface area contributed by atoms with Crippen LogP contribution in [0.15, 0.2) is 67.0 Å². The van der Waals surface area contributed by atoms with Gasteiger partial charge in [0.25, 0.3) is 5.91 Å². The Morgan fingerprint density at radius 3 is 2.37 bits per heavy atom. The van der Waals surface area contributed by atoms with Crippen LogP contribution < -0.4 is 10.6 Å². The van der Waals surface area contributed by atoms with Gasteiger partial charge in [-0.25, -0.2) is 9.97 Å². The van der Waals surface area contributed by atoms with Crippen molar-refractivity contribution in [3.8, 4) is 11.4 Å². The average molecular weight is 568 g/mol. The van der Waals surface area contributed by atoms with E-state index in [0.717, 1.165) is 42.5 Å². The average Bonchev–Trinajstić information content (AvgIpc) is 3.46. The summed E-state index contributed by atoms with van der Waals surface area (Å²) in [6.45, 7) is 0.736. The van der Waals surface area contributed by atoms with Gasteiger partial charge in [0.15, 0.2) is 5.82 Å². The van der Waals surface area contributed by atoms with Gasteiger partial charge in [0.1, 0.15) is 0 Å². The number of hydrogen-bond acceptors (Lipinski definition) is 6. The molecule has 3 N–H and O–H groups in total. The number of hydrogen-bond donors (Lipinski definition) is 3. The van der Waals surface area contributed by atoms with Gasteiger partial charge in [-0.1, -0.05) is 30.3 Å². The van der Waals surface area contributed by atoms with Crippen LogP contribution in [0.3, 0.4) is 0 Å². The molecule has 41 heavy (non-hydrogen) atoms. The molecule has 0 bridgehead atoms. The van der Waals surface area contributed by atoms with E-state index >= 15 is 0 Å². The summed E-state index contributed by atoms with van der Waals surface area (Å²) in [4.78, 5) is 35.2. The number of aromatic nitrogens is 2. The molecule has 0 unspecified atom stereocenters. The Labute approximate surface area is 236 Å². The minimum Gasteiger partial charge on any atom is -0.385 e. The van der Waals surface area contributed by atoms with Gasteiger partial charge in [0.2, 0.25) is 5.91 Å². The monoisotopic (exact) mass is 567 g/mol. The van der Waals surface area contributed by atoms with Crippen LogP contribution in [-0.4, -0.2) is 63.5 Å². The third-order valence-electron chi connectivity index (χ3n) is 7.92. The van der Waals surface area contributed by atoms with Crippen molar-refractivity contribution in [1.29, 1.82) is 0 Å². The van der Waals surface area contributed by atoms with E-state index in [1.54, 1.807) is 23.4 Å². The molecule has 216 valence electrons. The van der Waals surface area contributed by atoms with E-state index in [0.29, 0.717) is 31.8 Å². The number of nitrogens with one attached hydrogen (secondary N) is 2. The summed E-state index contributed by atoms with van der Waals surface area (Å²) >= 11 is 0. The summed E-state index contributed by atoms with van der Waals surface area (Å²) in [5.41, 5.74) is -0.192. The molecule has 2 amide bonds. The summed E-state index contributed by atoms with van der Waals surface area (Å²) in [6, 6.07) is 13.9. The molecule has 1 saturated heterocycles. The van der Waals surface area contributed by atoms with Crippen molar-refractivity contribution in [2.45, 2.75) is 56.0 Å². The number of halogens is 3. The molecule has 2 fully saturated rings. The second kappa shape index (κ2) is 12.0. The molecule has 2 aliphatic rings. The highest BCUT2D eigenvalue weighted by Crippen LogP contribution is 2.38. The fraction of sp³-hybridized carbons (Fsp3) is 0.400. The number of carbonyl (C=O) groups is 2. The molecule has 2 heterocycles. The summed E-state index contributed by atoms with van der Waals surface area (Å²) in [7, 11) is 0. The highest BCUT2D eigenvalue weighted by Gasteiger charge is 2.36. The van der Waals surface area contributed by atoms with E-state index in [9.17, 15) is 27.9 Å². The third-order valence-corrected chi connectivity index (χ3v) is 7.92. The van der Waals surface area contributed by atoms with E-state index < -0.39 is 23.2 Å². The predicted octanol–water partition coefficient (Wildman–Crippen LogP) is 3.91. The van der Waals surface area contributed by atoms with Gasteiger partial charge in [0, 0.05) is 48.7 Å². The minimum absolute atomic E-state index is 0.0967. The maximum Gasteiger partial charge on any atom is 0.416 e. The highest BCUT2D eigenvalue weighted by molar-refractivity contribution is 5.96. The molecule has 1 aliphatic carbocycles. The van der Waals surface area contributed by atoms with Gasteiger partial charge in [-0.2, -0.15) is 13.2 Å². The Bertz CT molecular complexity index is 1360. The molecule has 8 nitrogen and oxygen atoms in total. The Morgan fingerprint density at radius 1 is 0.976 bits per heavy atom. The lowest BCUT2D eigenvalue weighted by atomic mass is 9.77. The van der Waals surface area contributed by atoms with Gasteiger partial charge in [-0.15, -0.1) is 0 Å². The van der Waals surface area contributed by atoms with Crippen molar-refractivity contribution in [1.82, 2.24) is 25.5 Å². The summed E-state index contributed by atoms with van der Waals surface area (Å²) in [5, 5.41) is 17.4. The standard InChI is InChI=1S/C30H32F3N5O3/c31-30(32,33)23-4-1-3-21(17-23)28(40)36-18-26(39)38-16-11-25(19-38)37-24-9-12-29(41,13-10-24)22-7-5-20(6-8-22)27-34-14-2-15-35-27/h1-8,14-15,17,24-25,37,41H,9-13,16,18-19H2,(H,36,40)/t24?,25-,29?/m0/s1. The SMILES string of the molecule is O=C(NCC(=O)N1CC[C@H](NC2CCC(O)(c3ccc(-c4ncccn4)cc3)CC2)C1)c1cccc(C(F)(F)F)c1. The second-order valence-corrected chi connectivity index (χ2v) is 10.7. The fourth-order valence-electron chi connectivity index (χ4n) is 5.59. The lowest BCUT2D eigenvalue weighted by Gasteiger charge is -2.37. The van der Waals surface area contributed by atoms with E-state index in [-0.39, 0.29) is 30.1 Å². The zero-order valence-corrected chi connectivity index (χ0v) is 22.4. The van der Waals surface area contributed by atoms with Gasteiger partial charge < -0.3 is 20.6 Å². The molecule has 1 aromatic heterocycles. The fourth-order valence-corrected chi connectivity index (χ4v) is 5.59. The smallest absolute Gasteiger partial charge is 0.385 e. The van der Waals surface area contributed by atoms with Crippen molar-refractivity contribution in [2.24, 2.45) is 0 Å². The lowest BCUT2D eigenvalue weighted by Crippen LogP contribution is -2.46. The molecule has 11 heteroatoms. The number of carbonyl (C=O) groups excluding carboxylic acids is 2. The molecule has 3 aromatic rings. The number of rotatable bonds is 7. The first-order chi connectivity index (χ1) is 19.6. The van der Waals surface area contributed by atoms with Gasteiger partial charge in [0.05, 0.1) is 17.7 Å². The number of nitrogens with zero attached hydrogens (tertiary/aromatic N) is 3. The molecular weight excluding hydrogens is 535 g/mol. The first kappa shape index (κ1) is 28.7. The largest absolute Gasteiger partial charge is 0.416 e. The number of aliphatic hydroxyl groups is 1. The first-order valence-electron chi connectivity index (χ1n) is 13.7. The Kier molecular flexibility index (Phi) is 8.37. The van der Waals surface area contributed by atoms with Crippen molar-refractivity contribution < 1.29 is 27.9 Å². The Balaban J connectivity index is 1.06. The number of benzene rings is 2. The summed E-state index contributed by atoms with van der Waals surface area (Å²) in [5.74, 6) is -0.366. The van der Waals surface area contributed by atoms with Crippen LogP contribution in [0.25, 0.3) is 11.4 Å². The van der Waals surface area contributed by atoms with E-state index in [1.165, 1.54) is 12.1 Å². The maximum absolute atomic E-state index is 12.9. The van der Waals surface area contributed by atoms with Crippen LogP contribution in [0.5, 0.6) is 0 Å². The molecule has 1 saturated carbocycles. The van der Waals surface area contributed by atoms with Crippen molar-refractivity contribution in [3.05, 3.63) is 83.7 Å². The van der Waals surface area contributed by atoms with Gasteiger partial charge in [-0.3, -0.25) is 9.59 Å². The van der Waals surface area contributed by atoms with Crippen LogP contribution in [0.4, 0.5) is 13.2 Å². The van der Waals surface area contributed by atoms with Crippen molar-refractivity contribution >= 4 is 11.8 Å². The van der Waals surface area contributed by atoms with E-state index in [2.05, 4.69) is 20.6 Å². The molecule has 1 aliphatic heterocycles. The normalized spacial score (nSPS) is 22.9. The lowest BCUT2D eigenvalue weighted by molar-refractivity contribution is -0.137. The van der Waals surface area contributed by atoms with Crippen molar-refractivity contribution in [3.63, 3.8) is 0 Å². The van der Waals surface area contributed by atoms with E-state index in [1.807, 2.05) is 24.3 Å². The molecule has 2 aromatic carbocycles. The molecule has 0 radical (unpaired) electrons. The highest BCUT2D eigenvalue weighted by atomic mass is 19.4. The maximum atomic E-state index is 12.9. The van der Waals surface area contributed by atoms with Crippen LogP contribution in [0.1, 0.15) is 53.6 Å². The zero-order valence-electron chi connectivity index (χ0n) is 22.4. The summed E-state index contributed by atoms with van der Waals surface area (Å²) < 4.78 is 38.8. The predicted molar refractivity (Wildman–Crippen MR) is 146 cm³/mol. The summed E-state index contributed by atoms with van der Waals surface area (Å²) in [6.07, 6.45) is 2.41. The van der Waals surface area contributed by atoms with E-state index in [4.69, 9.17) is 0 Å². The first-order valence-corrected chi connectivity index (χ1v) is 13.7. The third kappa shape index (κ3) is 6.91. The Hall–Kier alpha value is -3.83. The minimum atomic E-state index is -4.55. The second-order valence-electron chi connectivity index (χ2n) is 10.7. The van der Waals surface area contributed by atoms with Crippen LogP contribution in [-0.2, 0) is 16.6 Å². The molecule has 5 rings (SSSR count). The van der Waals surface area contributed by atoms with Crippen molar-refractivity contribution in [2.75, 3.05) is 19.6 Å². The van der Waals surface area contributed by atoms with Gasteiger partial charge in [-0.05, 0) is 61.9 Å². The number of likely N-dealkylation sites (tertiary alicyclic amines) is 1. The van der Waals surface area contributed by atoms with Crippen LogP contribution in [0, 0.1) is 0 Å². The van der Waals surface area contributed by atoms with Crippen LogP contribution in [0.2, 0.25) is 0 Å². The topological polar surface area (TPSA) is 107 Å². The Morgan fingerprint density at radius 2 is 1.68 bits per heavy atom. The molecule has 1 atom stereocenters. The number of amides is 2. The quantitative estimate of drug-likeness (QED) is 0.400. The van der Waals surface area contributed by atoms with Gasteiger partial charge >= 0.3 is 6.18 Å². The molecular formula is C30H32F3N5O3. The van der Waals surface area contributed by atoms with Crippen LogP contribution >= 0.6 is 0 Å². The number of alkyl halides is 3. The molecule has 0 spiro atoms.